The summed E-state index contributed by atoms with van der Waals surface area (Å²) in [4.78, 5) is 12.3. The van der Waals surface area contributed by atoms with E-state index in [2.05, 4.69) is 20.3 Å². The maximum absolute atomic E-state index is 13.8. The molecule has 0 aliphatic carbocycles. The predicted octanol–water partition coefficient (Wildman–Crippen LogP) is 5.80. The van der Waals surface area contributed by atoms with E-state index in [1.807, 2.05) is 0 Å². The molecule has 0 bridgehead atoms. The molecule has 4 rings (SSSR count). The summed E-state index contributed by atoms with van der Waals surface area (Å²) in [6, 6.07) is 11.1. The second kappa shape index (κ2) is 7.91. The number of hydrogen-bond acceptors (Lipinski definition) is 3. The monoisotopic (exact) mass is 451 g/mol. The molecule has 0 fully saturated rings. The van der Waals surface area contributed by atoms with Gasteiger partial charge in [0.1, 0.15) is 17.1 Å². The molecule has 0 unspecified atom stereocenters. The molecule has 11 heteroatoms. The van der Waals surface area contributed by atoms with Gasteiger partial charge in [-0.05, 0) is 47.5 Å². The number of fused-ring (bicyclic) bond motifs is 1. The molecule has 0 saturated heterocycles. The third-order valence-electron chi connectivity index (χ3n) is 4.47. The number of alkyl halides is 3. The minimum atomic E-state index is -4.83. The van der Waals surface area contributed by atoms with Crippen molar-refractivity contribution >= 4 is 22.6 Å². The fraction of sp³-hybridized carbons (Fsp3) is 0.0476. The van der Waals surface area contributed by atoms with Gasteiger partial charge in [-0.2, -0.15) is 5.10 Å². The van der Waals surface area contributed by atoms with Gasteiger partial charge in [0, 0.05) is 5.39 Å². The summed E-state index contributed by atoms with van der Waals surface area (Å²) in [6.07, 6.45) is -4.83. The van der Waals surface area contributed by atoms with Crippen molar-refractivity contribution in [3.63, 3.8) is 0 Å². The van der Waals surface area contributed by atoms with Gasteiger partial charge in [0.25, 0.3) is 5.91 Å². The molecule has 1 amide bonds. The Morgan fingerprint density at radius 2 is 1.66 bits per heavy atom. The Kier molecular flexibility index (Phi) is 5.25. The molecule has 3 aromatic carbocycles. The lowest BCUT2D eigenvalue weighted by Crippen LogP contribution is -2.17. The fourth-order valence-corrected chi connectivity index (χ4v) is 3.07. The van der Waals surface area contributed by atoms with Gasteiger partial charge in [0.2, 0.25) is 0 Å². The number of benzene rings is 3. The van der Waals surface area contributed by atoms with Crippen LogP contribution >= 0.6 is 0 Å². The minimum absolute atomic E-state index is 0.0752. The lowest BCUT2D eigenvalue weighted by molar-refractivity contribution is -0.274. The number of amides is 1. The first-order valence-corrected chi connectivity index (χ1v) is 8.91. The molecule has 0 spiro atoms. The van der Waals surface area contributed by atoms with Crippen molar-refractivity contribution in [3.05, 3.63) is 77.6 Å². The van der Waals surface area contributed by atoms with Crippen molar-refractivity contribution in [3.8, 4) is 16.9 Å². The highest BCUT2D eigenvalue weighted by Crippen LogP contribution is 2.31. The van der Waals surface area contributed by atoms with Crippen molar-refractivity contribution < 1.29 is 35.9 Å². The second-order valence-corrected chi connectivity index (χ2v) is 6.58. The zero-order chi connectivity index (χ0) is 23.0. The topological polar surface area (TPSA) is 67.0 Å². The third-order valence-corrected chi connectivity index (χ3v) is 4.47. The van der Waals surface area contributed by atoms with Gasteiger partial charge in [-0.25, -0.2) is 13.2 Å². The van der Waals surface area contributed by atoms with Gasteiger partial charge < -0.3 is 10.1 Å². The van der Waals surface area contributed by atoms with Gasteiger partial charge in [0.05, 0.1) is 5.52 Å². The van der Waals surface area contributed by atoms with Crippen LogP contribution in [0.3, 0.4) is 0 Å². The van der Waals surface area contributed by atoms with Crippen LogP contribution in [0.4, 0.5) is 32.2 Å². The highest BCUT2D eigenvalue weighted by atomic mass is 19.4. The maximum atomic E-state index is 13.8. The summed E-state index contributed by atoms with van der Waals surface area (Å²) in [5.74, 6) is -5.98. The predicted molar refractivity (Wildman–Crippen MR) is 102 cm³/mol. The smallest absolute Gasteiger partial charge is 0.406 e. The molecular weight excluding hydrogens is 440 g/mol. The van der Waals surface area contributed by atoms with Crippen LogP contribution in [0.5, 0.6) is 5.75 Å². The number of halogens is 6. The van der Waals surface area contributed by atoms with Gasteiger partial charge >= 0.3 is 6.36 Å². The molecule has 1 heterocycles. The molecule has 164 valence electrons. The van der Waals surface area contributed by atoms with Crippen LogP contribution in [0.15, 0.2) is 54.6 Å². The average Bonchev–Trinajstić information content (AvgIpc) is 3.12. The van der Waals surface area contributed by atoms with Crippen molar-refractivity contribution in [2.24, 2.45) is 0 Å². The molecular formula is C21H11F6N3O2. The van der Waals surface area contributed by atoms with Crippen LogP contribution in [-0.2, 0) is 0 Å². The molecule has 2 N–H and O–H groups in total. The van der Waals surface area contributed by atoms with Crippen molar-refractivity contribution in [1.82, 2.24) is 10.2 Å². The Balaban J connectivity index is 1.63. The average molecular weight is 451 g/mol. The number of nitrogens with zero attached hydrogens (tertiary/aromatic N) is 1. The number of aromatic nitrogens is 2. The van der Waals surface area contributed by atoms with Crippen LogP contribution < -0.4 is 10.1 Å². The molecule has 0 radical (unpaired) electrons. The van der Waals surface area contributed by atoms with E-state index in [-0.39, 0.29) is 5.82 Å². The zero-order valence-corrected chi connectivity index (χ0v) is 15.7. The number of nitrogens with one attached hydrogen (secondary N) is 2. The van der Waals surface area contributed by atoms with Crippen LogP contribution in [0.2, 0.25) is 0 Å². The zero-order valence-electron chi connectivity index (χ0n) is 15.7. The van der Waals surface area contributed by atoms with Crippen LogP contribution in [0, 0.1) is 17.5 Å². The number of aromatic amines is 1. The highest BCUT2D eigenvalue weighted by Gasteiger charge is 2.31. The lowest BCUT2D eigenvalue weighted by Gasteiger charge is -2.10. The quantitative estimate of drug-likeness (QED) is 0.305. The summed E-state index contributed by atoms with van der Waals surface area (Å²) in [5.41, 5.74) is 0.200. The van der Waals surface area contributed by atoms with Gasteiger partial charge in [-0.15, -0.1) is 13.2 Å². The van der Waals surface area contributed by atoms with Gasteiger partial charge in [0.15, 0.2) is 17.5 Å². The molecule has 0 aliphatic rings. The van der Waals surface area contributed by atoms with E-state index in [1.54, 1.807) is 18.2 Å². The molecule has 4 aromatic rings. The van der Waals surface area contributed by atoms with Crippen molar-refractivity contribution in [2.75, 3.05) is 5.32 Å². The summed E-state index contributed by atoms with van der Waals surface area (Å²) in [7, 11) is 0. The molecule has 0 atom stereocenters. The number of H-pyrrole nitrogens is 1. The van der Waals surface area contributed by atoms with Gasteiger partial charge in [-0.3, -0.25) is 9.89 Å². The molecule has 5 nitrogen and oxygen atoms in total. The third kappa shape index (κ3) is 4.22. The summed E-state index contributed by atoms with van der Waals surface area (Å²) >= 11 is 0. The Labute approximate surface area is 175 Å². The second-order valence-electron chi connectivity index (χ2n) is 6.58. The largest absolute Gasteiger partial charge is 0.573 e. The van der Waals surface area contributed by atoms with E-state index in [1.165, 1.54) is 18.2 Å². The first-order valence-electron chi connectivity index (χ1n) is 8.91. The Morgan fingerprint density at radius 3 is 2.41 bits per heavy atom. The van der Waals surface area contributed by atoms with Crippen molar-refractivity contribution in [1.29, 1.82) is 0 Å². The first kappa shape index (κ1) is 21.2. The minimum Gasteiger partial charge on any atom is -0.406 e. The highest BCUT2D eigenvalue weighted by molar-refractivity contribution is 6.08. The van der Waals surface area contributed by atoms with E-state index in [4.69, 9.17) is 0 Å². The molecule has 0 aliphatic heterocycles. The first-order chi connectivity index (χ1) is 15.1. The normalized spacial score (nSPS) is 11.6. The van der Waals surface area contributed by atoms with Crippen LogP contribution in [-0.4, -0.2) is 22.5 Å². The maximum Gasteiger partial charge on any atom is 0.573 e. The molecule has 1 aromatic heterocycles. The molecule has 32 heavy (non-hydrogen) atoms. The van der Waals surface area contributed by atoms with E-state index in [9.17, 15) is 31.1 Å². The fourth-order valence-electron chi connectivity index (χ4n) is 3.07. The van der Waals surface area contributed by atoms with E-state index in [0.29, 0.717) is 34.2 Å². The molecule has 0 saturated carbocycles. The summed E-state index contributed by atoms with van der Waals surface area (Å²) in [5, 5.41) is 9.05. The van der Waals surface area contributed by atoms with Gasteiger partial charge in [-0.1, -0.05) is 18.2 Å². The Bertz CT molecular complexity index is 1330. The van der Waals surface area contributed by atoms with Crippen molar-refractivity contribution in [2.45, 2.75) is 6.36 Å². The number of ether oxygens (including phenoxy) is 1. The standard InChI is InChI=1S/C21H11F6N3O2/c22-14-6-7-15(23)18(24)17(14)20(31)28-19-13-5-4-11(9-16(13)29-30-19)10-2-1-3-12(8-10)32-21(25,26)27/h1-9H,(H2,28,29,30,31). The SMILES string of the molecule is O=C(Nc1n[nH]c2cc(-c3cccc(OC(F)(F)F)c3)ccc12)c1c(F)ccc(F)c1F. The lowest BCUT2D eigenvalue weighted by atomic mass is 10.0. The Morgan fingerprint density at radius 1 is 0.938 bits per heavy atom. The number of anilines is 1. The van der Waals surface area contributed by atoms with E-state index >= 15 is 0 Å². The number of carbonyl (C=O) groups excluding carboxylic acids is 1. The van der Waals surface area contributed by atoms with E-state index in [0.717, 1.165) is 6.07 Å². The van der Waals surface area contributed by atoms with Crippen LogP contribution in [0.1, 0.15) is 10.4 Å². The number of rotatable bonds is 4. The summed E-state index contributed by atoms with van der Waals surface area (Å²) in [6.45, 7) is 0. The number of carbonyl (C=O) groups is 1. The Hall–Kier alpha value is -4.02. The van der Waals surface area contributed by atoms with E-state index < -0.39 is 41.0 Å². The van der Waals surface area contributed by atoms with Crippen LogP contribution in [0.25, 0.3) is 22.0 Å². The summed E-state index contributed by atoms with van der Waals surface area (Å²) < 4.78 is 82.3. The number of hydrogen-bond donors (Lipinski definition) is 2.